The summed E-state index contributed by atoms with van der Waals surface area (Å²) in [7, 11) is 0. The van der Waals surface area contributed by atoms with Gasteiger partial charge in [-0.3, -0.25) is 4.79 Å². The predicted octanol–water partition coefficient (Wildman–Crippen LogP) is 4.11. The predicted molar refractivity (Wildman–Crippen MR) is 116 cm³/mol. The fourth-order valence-electron chi connectivity index (χ4n) is 5.32. The highest BCUT2D eigenvalue weighted by atomic mass is 32.2. The lowest BCUT2D eigenvalue weighted by molar-refractivity contribution is -0.134. The summed E-state index contributed by atoms with van der Waals surface area (Å²) >= 11 is 1.94. The summed E-state index contributed by atoms with van der Waals surface area (Å²) in [6.07, 6.45) is 5.84. The summed E-state index contributed by atoms with van der Waals surface area (Å²) in [6.45, 7) is 1.79. The van der Waals surface area contributed by atoms with Crippen molar-refractivity contribution >= 4 is 29.0 Å². The maximum Gasteiger partial charge on any atom is 0.240 e. The zero-order valence-electron chi connectivity index (χ0n) is 16.3. The van der Waals surface area contributed by atoms with Crippen molar-refractivity contribution in [2.24, 2.45) is 0 Å². The summed E-state index contributed by atoms with van der Waals surface area (Å²) in [5.41, 5.74) is 2.39. The molecule has 6 heteroatoms. The zero-order valence-corrected chi connectivity index (χ0v) is 17.1. The van der Waals surface area contributed by atoms with Gasteiger partial charge in [0.05, 0.1) is 23.1 Å². The lowest BCUT2D eigenvalue weighted by atomic mass is 9.93. The Morgan fingerprint density at radius 1 is 0.966 bits per heavy atom. The van der Waals surface area contributed by atoms with Crippen LogP contribution in [0.15, 0.2) is 60.8 Å². The molecule has 3 aromatic rings. The number of hydrogen-bond acceptors (Lipinski definition) is 4. The maximum absolute atomic E-state index is 13.6. The van der Waals surface area contributed by atoms with E-state index in [0.717, 1.165) is 50.1 Å². The maximum atomic E-state index is 13.6. The Morgan fingerprint density at radius 3 is 2.62 bits per heavy atom. The van der Waals surface area contributed by atoms with E-state index in [-0.39, 0.29) is 10.8 Å². The summed E-state index contributed by atoms with van der Waals surface area (Å²) < 4.78 is 1.76. The van der Waals surface area contributed by atoms with Crippen LogP contribution >= 0.6 is 11.8 Å². The number of thioether (sulfide) groups is 1. The van der Waals surface area contributed by atoms with Crippen LogP contribution in [0.4, 0.5) is 5.82 Å². The minimum Gasteiger partial charge on any atom is -0.356 e. The molecule has 5 nitrogen and oxygen atoms in total. The highest BCUT2D eigenvalue weighted by molar-refractivity contribution is 8.02. The number of fused-ring (bicyclic) bond motifs is 2. The van der Waals surface area contributed by atoms with E-state index in [2.05, 4.69) is 57.4 Å². The number of hydrogen-bond donors (Lipinski definition) is 0. The Balaban J connectivity index is 1.23. The number of aromatic nitrogens is 2. The van der Waals surface area contributed by atoms with Crippen LogP contribution in [0.2, 0.25) is 0 Å². The van der Waals surface area contributed by atoms with Crippen LogP contribution in [0.5, 0.6) is 0 Å². The smallest absolute Gasteiger partial charge is 0.240 e. The van der Waals surface area contributed by atoms with E-state index in [9.17, 15) is 4.79 Å². The van der Waals surface area contributed by atoms with Gasteiger partial charge < -0.3 is 9.80 Å². The second kappa shape index (κ2) is 6.52. The molecule has 3 saturated heterocycles. The topological polar surface area (TPSA) is 40.9 Å². The fourth-order valence-corrected chi connectivity index (χ4v) is 7.07. The van der Waals surface area contributed by atoms with Gasteiger partial charge in [-0.25, -0.2) is 4.52 Å². The molecular weight excluding hydrogens is 380 g/mol. The Kier molecular flexibility index (Phi) is 3.91. The van der Waals surface area contributed by atoms with Crippen molar-refractivity contribution in [2.45, 2.75) is 41.8 Å². The summed E-state index contributed by atoms with van der Waals surface area (Å²) in [6, 6.07) is 19.1. The fraction of sp³-hybridized carbons (Fsp3) is 0.391. The van der Waals surface area contributed by atoms with Crippen LogP contribution in [0, 0.1) is 0 Å². The number of benzene rings is 1. The Labute approximate surface area is 174 Å². The molecule has 0 aliphatic carbocycles. The van der Waals surface area contributed by atoms with Gasteiger partial charge in [0.15, 0.2) is 0 Å². The van der Waals surface area contributed by atoms with Gasteiger partial charge in [0, 0.05) is 13.1 Å². The standard InChI is InChI=1S/C23H24N4OS/c28-22-23(29-21-10-9-19(26(21)22)17-5-2-1-3-6-17)12-15-25(16-13-23)20-8-4-7-18-11-14-24-27(18)20/h1-8,11,14,19,21H,9-10,12-13,15-16H2/t19-,21-/m0/s1. The zero-order chi connectivity index (χ0) is 19.4. The normalized spacial score (nSPS) is 25.9. The second-order valence-corrected chi connectivity index (χ2v) is 9.88. The van der Waals surface area contributed by atoms with Crippen molar-refractivity contribution in [1.82, 2.24) is 14.5 Å². The highest BCUT2D eigenvalue weighted by Crippen LogP contribution is 2.55. The average Bonchev–Trinajstić information content (AvgIpc) is 3.46. The Morgan fingerprint density at radius 2 is 1.79 bits per heavy atom. The van der Waals surface area contributed by atoms with Crippen molar-refractivity contribution in [3.63, 3.8) is 0 Å². The quantitative estimate of drug-likeness (QED) is 0.645. The van der Waals surface area contributed by atoms with E-state index in [1.165, 1.54) is 5.56 Å². The first-order chi connectivity index (χ1) is 14.3. The molecule has 148 valence electrons. The van der Waals surface area contributed by atoms with Gasteiger partial charge >= 0.3 is 0 Å². The molecule has 0 radical (unpaired) electrons. The number of carbonyl (C=O) groups is 1. The van der Waals surface area contributed by atoms with Gasteiger partial charge in [-0.15, -0.1) is 11.8 Å². The largest absolute Gasteiger partial charge is 0.356 e. The van der Waals surface area contributed by atoms with Gasteiger partial charge in [0.2, 0.25) is 5.91 Å². The highest BCUT2D eigenvalue weighted by Gasteiger charge is 2.57. The molecule has 0 N–H and O–H groups in total. The van der Waals surface area contributed by atoms with Crippen molar-refractivity contribution in [1.29, 1.82) is 0 Å². The van der Waals surface area contributed by atoms with Crippen molar-refractivity contribution < 1.29 is 4.79 Å². The molecule has 0 saturated carbocycles. The number of piperidine rings is 1. The SMILES string of the molecule is O=C1N2[C@H](CC[C@H]2c2ccccc2)SC12CCN(c1cccc3ccnn13)CC2. The minimum absolute atomic E-state index is 0.243. The van der Waals surface area contributed by atoms with Gasteiger partial charge in [-0.05, 0) is 49.4 Å². The average molecular weight is 405 g/mol. The minimum atomic E-state index is -0.243. The summed E-state index contributed by atoms with van der Waals surface area (Å²) in [5.74, 6) is 1.50. The number of nitrogens with zero attached hydrogens (tertiary/aromatic N) is 4. The molecule has 0 unspecified atom stereocenters. The summed E-state index contributed by atoms with van der Waals surface area (Å²) in [5, 5.41) is 4.82. The van der Waals surface area contributed by atoms with Gasteiger partial charge in [-0.1, -0.05) is 36.4 Å². The molecule has 1 amide bonds. The van der Waals surface area contributed by atoms with E-state index in [1.54, 1.807) is 0 Å². The van der Waals surface area contributed by atoms with E-state index in [0.29, 0.717) is 11.3 Å². The monoisotopic (exact) mass is 404 g/mol. The van der Waals surface area contributed by atoms with Gasteiger partial charge in [-0.2, -0.15) is 5.10 Å². The first-order valence-electron chi connectivity index (χ1n) is 10.5. The van der Waals surface area contributed by atoms with Crippen LogP contribution in [-0.2, 0) is 4.79 Å². The lowest BCUT2D eigenvalue weighted by Gasteiger charge is -2.39. The van der Waals surface area contributed by atoms with Crippen molar-refractivity contribution in [2.75, 3.05) is 18.0 Å². The number of pyridine rings is 1. The third kappa shape index (κ3) is 2.61. The number of carbonyl (C=O) groups excluding carboxylic acids is 1. The molecule has 3 fully saturated rings. The lowest BCUT2D eigenvalue weighted by Crippen LogP contribution is -2.48. The molecule has 3 aliphatic rings. The first-order valence-corrected chi connectivity index (χ1v) is 11.4. The van der Waals surface area contributed by atoms with Crippen molar-refractivity contribution in [3.8, 4) is 0 Å². The van der Waals surface area contributed by atoms with Gasteiger partial charge in [0.25, 0.3) is 0 Å². The van der Waals surface area contributed by atoms with Crippen LogP contribution in [0.1, 0.15) is 37.3 Å². The molecule has 6 rings (SSSR count). The molecule has 1 spiro atoms. The molecule has 29 heavy (non-hydrogen) atoms. The van der Waals surface area contributed by atoms with Crippen LogP contribution in [0.3, 0.4) is 0 Å². The Bertz CT molecular complexity index is 1060. The number of amides is 1. The van der Waals surface area contributed by atoms with E-state index in [4.69, 9.17) is 0 Å². The van der Waals surface area contributed by atoms with Gasteiger partial charge in [0.1, 0.15) is 10.6 Å². The van der Waals surface area contributed by atoms with Crippen LogP contribution < -0.4 is 4.90 Å². The second-order valence-electron chi connectivity index (χ2n) is 8.32. The molecule has 2 aromatic heterocycles. The third-order valence-corrected chi connectivity index (χ3v) is 8.57. The number of rotatable bonds is 2. The van der Waals surface area contributed by atoms with Crippen LogP contribution in [0.25, 0.3) is 5.52 Å². The molecule has 1 aromatic carbocycles. The van der Waals surface area contributed by atoms with Crippen molar-refractivity contribution in [3.05, 3.63) is 66.4 Å². The van der Waals surface area contributed by atoms with Crippen LogP contribution in [-0.4, -0.2) is 43.6 Å². The number of anilines is 1. The van der Waals surface area contributed by atoms with E-state index >= 15 is 0 Å². The first kappa shape index (κ1) is 17.4. The Hall–Kier alpha value is -2.47. The molecule has 3 aliphatic heterocycles. The third-order valence-electron chi connectivity index (χ3n) is 6.80. The van der Waals surface area contributed by atoms with E-state index in [1.807, 2.05) is 34.6 Å². The van der Waals surface area contributed by atoms with E-state index < -0.39 is 0 Å². The molecule has 2 atom stereocenters. The molecule has 5 heterocycles. The molecular formula is C23H24N4OS. The molecule has 0 bridgehead atoms. The summed E-state index contributed by atoms with van der Waals surface area (Å²) in [4.78, 5) is 18.2.